The Bertz CT molecular complexity index is 345. The van der Waals surface area contributed by atoms with Crippen LogP contribution in [0.25, 0.3) is 0 Å². The second-order valence-corrected chi connectivity index (χ2v) is 3.61. The Morgan fingerprint density at radius 3 is 2.57 bits per heavy atom. The molecular weight excluding hydrogens is 174 g/mol. The molecule has 0 aliphatic carbocycles. The minimum Gasteiger partial charge on any atom is -0.471 e. The minimum atomic E-state index is -0.299. The van der Waals surface area contributed by atoms with Crippen LogP contribution in [0.3, 0.4) is 0 Å². The molecule has 2 nitrogen and oxygen atoms in total. The first-order chi connectivity index (χ1) is 6.74. The number of benzene rings is 1. The van der Waals surface area contributed by atoms with Crippen molar-refractivity contribution >= 4 is 5.90 Å². The van der Waals surface area contributed by atoms with Gasteiger partial charge in [0.1, 0.15) is 5.54 Å². The van der Waals surface area contributed by atoms with E-state index in [1.54, 1.807) is 6.61 Å². The van der Waals surface area contributed by atoms with E-state index in [0.29, 0.717) is 0 Å². The molecule has 0 bridgehead atoms. The summed E-state index contributed by atoms with van der Waals surface area (Å²) in [6.07, 6.45) is 0.846. The molecule has 1 aliphatic rings. The van der Waals surface area contributed by atoms with Crippen molar-refractivity contribution in [2.45, 2.75) is 25.8 Å². The van der Waals surface area contributed by atoms with E-state index in [4.69, 9.17) is 4.74 Å². The topological polar surface area (TPSA) is 21.6 Å². The summed E-state index contributed by atoms with van der Waals surface area (Å²) in [5.41, 5.74) is 0.871. The van der Waals surface area contributed by atoms with E-state index in [2.05, 4.69) is 24.0 Å². The molecule has 0 fully saturated rings. The Morgan fingerprint density at radius 1 is 1.29 bits per heavy atom. The molecular formula is C12H14NO. The van der Waals surface area contributed by atoms with Crippen molar-refractivity contribution in [3.8, 4) is 0 Å². The van der Waals surface area contributed by atoms with Gasteiger partial charge in [-0.25, -0.2) is 4.99 Å². The zero-order valence-electron chi connectivity index (χ0n) is 8.53. The quantitative estimate of drug-likeness (QED) is 0.699. The van der Waals surface area contributed by atoms with Gasteiger partial charge in [-0.2, -0.15) is 0 Å². The first kappa shape index (κ1) is 9.25. The molecule has 73 valence electrons. The predicted molar refractivity (Wildman–Crippen MR) is 56.9 cm³/mol. The number of hydrogen-bond donors (Lipinski definition) is 0. The molecule has 1 radical (unpaired) electrons. The summed E-state index contributed by atoms with van der Waals surface area (Å²) in [5.74, 6) is 0.816. The fraction of sp³-hybridized carbons (Fsp3) is 0.333. The summed E-state index contributed by atoms with van der Waals surface area (Å²) < 4.78 is 5.40. The normalized spacial score (nSPS) is 25.7. The van der Waals surface area contributed by atoms with Gasteiger partial charge in [-0.1, -0.05) is 37.3 Å². The zero-order chi connectivity index (χ0) is 10.0. The van der Waals surface area contributed by atoms with Crippen LogP contribution >= 0.6 is 0 Å². The van der Waals surface area contributed by atoms with Gasteiger partial charge in [-0.3, -0.25) is 0 Å². The van der Waals surface area contributed by atoms with E-state index in [9.17, 15) is 0 Å². The first-order valence-electron chi connectivity index (χ1n) is 4.90. The summed E-state index contributed by atoms with van der Waals surface area (Å²) in [7, 11) is 0. The molecule has 0 aromatic heterocycles. The third-order valence-corrected chi connectivity index (χ3v) is 2.44. The van der Waals surface area contributed by atoms with Crippen LogP contribution in [0, 0.1) is 6.61 Å². The Kier molecular flexibility index (Phi) is 2.28. The molecule has 0 amide bonds. The van der Waals surface area contributed by atoms with Crippen molar-refractivity contribution < 1.29 is 4.74 Å². The van der Waals surface area contributed by atoms with Crippen LogP contribution in [-0.4, -0.2) is 5.90 Å². The Balaban J connectivity index is 2.31. The third-order valence-electron chi connectivity index (χ3n) is 2.44. The molecule has 0 saturated heterocycles. The minimum absolute atomic E-state index is 0.299. The summed E-state index contributed by atoms with van der Waals surface area (Å²) in [6.45, 7) is 5.91. The fourth-order valence-electron chi connectivity index (χ4n) is 1.57. The predicted octanol–water partition coefficient (Wildman–Crippen LogP) is 2.90. The third kappa shape index (κ3) is 1.52. The number of hydrogen-bond acceptors (Lipinski definition) is 2. The van der Waals surface area contributed by atoms with Gasteiger partial charge in [0.2, 0.25) is 0 Å². The lowest BCUT2D eigenvalue weighted by Crippen LogP contribution is -2.15. The SMILES string of the molecule is CCC1=NC(C)(c2ccccc2)[CH]O1. The van der Waals surface area contributed by atoms with E-state index in [-0.39, 0.29) is 5.54 Å². The van der Waals surface area contributed by atoms with Gasteiger partial charge in [-0.15, -0.1) is 0 Å². The van der Waals surface area contributed by atoms with Gasteiger partial charge in [0.05, 0.1) is 0 Å². The maximum atomic E-state index is 5.40. The molecule has 2 rings (SSSR count). The van der Waals surface area contributed by atoms with E-state index >= 15 is 0 Å². The highest BCUT2D eigenvalue weighted by atomic mass is 16.5. The number of rotatable bonds is 2. The lowest BCUT2D eigenvalue weighted by molar-refractivity contribution is 0.353. The summed E-state index contributed by atoms with van der Waals surface area (Å²) in [5, 5.41) is 0. The van der Waals surface area contributed by atoms with Crippen LogP contribution in [0.5, 0.6) is 0 Å². The molecule has 1 unspecified atom stereocenters. The van der Waals surface area contributed by atoms with Crippen LogP contribution < -0.4 is 0 Å². The van der Waals surface area contributed by atoms with Crippen molar-refractivity contribution in [1.82, 2.24) is 0 Å². The van der Waals surface area contributed by atoms with Gasteiger partial charge in [-0.05, 0) is 12.5 Å². The molecule has 0 saturated carbocycles. The lowest BCUT2D eigenvalue weighted by Gasteiger charge is -2.17. The number of nitrogens with zero attached hydrogens (tertiary/aromatic N) is 1. The standard InChI is InChI=1S/C12H14NO/c1-3-11-13-12(2,9-14-11)10-7-5-4-6-8-10/h4-9H,3H2,1-2H3. The van der Waals surface area contributed by atoms with Crippen LogP contribution in [0.15, 0.2) is 35.3 Å². The number of aliphatic imine (C=N–C) groups is 1. The first-order valence-corrected chi connectivity index (χ1v) is 4.90. The van der Waals surface area contributed by atoms with Gasteiger partial charge in [0.25, 0.3) is 0 Å². The summed E-state index contributed by atoms with van der Waals surface area (Å²) >= 11 is 0. The summed E-state index contributed by atoms with van der Waals surface area (Å²) in [4.78, 5) is 4.55. The van der Waals surface area contributed by atoms with Crippen LogP contribution in [-0.2, 0) is 10.3 Å². The number of ether oxygens (including phenoxy) is 1. The molecule has 1 atom stereocenters. The van der Waals surface area contributed by atoms with E-state index in [1.807, 2.05) is 25.1 Å². The van der Waals surface area contributed by atoms with Crippen LogP contribution in [0.4, 0.5) is 0 Å². The average molecular weight is 188 g/mol. The van der Waals surface area contributed by atoms with Gasteiger partial charge in [0.15, 0.2) is 12.5 Å². The van der Waals surface area contributed by atoms with Crippen molar-refractivity contribution in [1.29, 1.82) is 0 Å². The van der Waals surface area contributed by atoms with Crippen molar-refractivity contribution in [2.24, 2.45) is 4.99 Å². The molecule has 1 heterocycles. The maximum absolute atomic E-state index is 5.40. The van der Waals surface area contributed by atoms with Crippen molar-refractivity contribution in [3.05, 3.63) is 42.5 Å². The van der Waals surface area contributed by atoms with Gasteiger partial charge in [0, 0.05) is 6.42 Å². The molecule has 2 heteroatoms. The van der Waals surface area contributed by atoms with Gasteiger partial charge < -0.3 is 4.74 Å². The zero-order valence-corrected chi connectivity index (χ0v) is 8.53. The Labute approximate surface area is 84.6 Å². The highest BCUT2D eigenvalue weighted by Gasteiger charge is 2.33. The van der Waals surface area contributed by atoms with E-state index in [1.165, 1.54) is 5.56 Å². The Morgan fingerprint density at radius 2 is 2.00 bits per heavy atom. The fourth-order valence-corrected chi connectivity index (χ4v) is 1.57. The molecule has 14 heavy (non-hydrogen) atoms. The second-order valence-electron chi connectivity index (χ2n) is 3.61. The Hall–Kier alpha value is -1.31. The lowest BCUT2D eigenvalue weighted by atomic mass is 9.94. The summed E-state index contributed by atoms with van der Waals surface area (Å²) in [6, 6.07) is 10.2. The largest absolute Gasteiger partial charge is 0.471 e. The molecule has 1 aromatic rings. The maximum Gasteiger partial charge on any atom is 0.184 e. The highest BCUT2D eigenvalue weighted by Crippen LogP contribution is 2.33. The highest BCUT2D eigenvalue weighted by molar-refractivity contribution is 5.79. The smallest absolute Gasteiger partial charge is 0.184 e. The molecule has 0 spiro atoms. The molecule has 1 aromatic carbocycles. The second kappa shape index (κ2) is 3.45. The van der Waals surface area contributed by atoms with Crippen LogP contribution in [0.2, 0.25) is 0 Å². The van der Waals surface area contributed by atoms with Crippen LogP contribution in [0.1, 0.15) is 25.8 Å². The van der Waals surface area contributed by atoms with Crippen molar-refractivity contribution in [3.63, 3.8) is 0 Å². The monoisotopic (exact) mass is 188 g/mol. The molecule has 1 aliphatic heterocycles. The van der Waals surface area contributed by atoms with E-state index < -0.39 is 0 Å². The average Bonchev–Trinajstić information content (AvgIpc) is 2.63. The van der Waals surface area contributed by atoms with E-state index in [0.717, 1.165) is 12.3 Å². The van der Waals surface area contributed by atoms with Crippen molar-refractivity contribution in [2.75, 3.05) is 0 Å². The van der Waals surface area contributed by atoms with Gasteiger partial charge >= 0.3 is 0 Å². The molecule has 0 N–H and O–H groups in total.